The number of likely N-dealkylation sites (tertiary alicyclic amines) is 1. The predicted molar refractivity (Wildman–Crippen MR) is 61.0 cm³/mol. The molecule has 0 spiro atoms. The highest BCUT2D eigenvalue weighted by Gasteiger charge is 2.54. The van der Waals surface area contributed by atoms with Crippen molar-refractivity contribution in [2.24, 2.45) is 17.8 Å². The zero-order valence-corrected chi connectivity index (χ0v) is 10.5. The van der Waals surface area contributed by atoms with Crippen LogP contribution in [0.2, 0.25) is 0 Å². The van der Waals surface area contributed by atoms with Crippen LogP contribution in [0.1, 0.15) is 40.5 Å². The summed E-state index contributed by atoms with van der Waals surface area (Å²) in [4.78, 5) is 0. The Hall–Kier alpha value is -0.0400. The molecule has 4 atom stereocenters. The molecule has 1 heteroatoms. The molecule has 0 amide bonds. The topological polar surface area (TPSA) is 0 Å². The number of rotatable bonds is 2. The molecule has 2 bridgehead atoms. The van der Waals surface area contributed by atoms with E-state index in [0.29, 0.717) is 0 Å². The second-order valence-electron chi connectivity index (χ2n) is 6.42. The van der Waals surface area contributed by atoms with Crippen molar-refractivity contribution in [3.05, 3.63) is 0 Å². The first-order valence-corrected chi connectivity index (χ1v) is 6.30. The minimum Gasteiger partial charge on any atom is -0.321 e. The van der Waals surface area contributed by atoms with Gasteiger partial charge in [-0.15, -0.1) is 0 Å². The lowest BCUT2D eigenvalue weighted by atomic mass is 9.84. The predicted octanol–water partition coefficient (Wildman–Crippen LogP) is 2.91. The van der Waals surface area contributed by atoms with E-state index >= 15 is 0 Å². The van der Waals surface area contributed by atoms with Crippen molar-refractivity contribution in [2.75, 3.05) is 13.6 Å². The average molecular weight is 196 g/mol. The Labute approximate surface area is 89.1 Å². The van der Waals surface area contributed by atoms with Crippen LogP contribution >= 0.6 is 0 Å². The van der Waals surface area contributed by atoms with E-state index in [-0.39, 0.29) is 0 Å². The summed E-state index contributed by atoms with van der Waals surface area (Å²) in [5, 5.41) is 0. The summed E-state index contributed by atoms with van der Waals surface area (Å²) in [5.74, 6) is 2.98. The van der Waals surface area contributed by atoms with Crippen molar-refractivity contribution in [3.8, 4) is 0 Å². The van der Waals surface area contributed by atoms with E-state index in [9.17, 15) is 0 Å². The summed E-state index contributed by atoms with van der Waals surface area (Å²) in [6.45, 7) is 11.1. The van der Waals surface area contributed by atoms with Gasteiger partial charge in [0.15, 0.2) is 0 Å². The number of quaternary nitrogens is 1. The number of hydrogen-bond acceptors (Lipinski definition) is 0. The highest BCUT2D eigenvalue weighted by Crippen LogP contribution is 2.49. The first-order chi connectivity index (χ1) is 6.45. The lowest BCUT2D eigenvalue weighted by molar-refractivity contribution is -0.946. The van der Waals surface area contributed by atoms with Crippen molar-refractivity contribution in [3.63, 3.8) is 0 Å². The second-order valence-corrected chi connectivity index (χ2v) is 6.42. The van der Waals surface area contributed by atoms with E-state index in [1.807, 2.05) is 0 Å². The van der Waals surface area contributed by atoms with Crippen LogP contribution in [0.25, 0.3) is 0 Å². The standard InChI is InChI=1S/C13H26N/c1-9(2)13-7-12-6-11(13)8-14(12,5)10(3)4/h9-13H,6-8H2,1-5H3/q+1. The monoisotopic (exact) mass is 196 g/mol. The summed E-state index contributed by atoms with van der Waals surface area (Å²) >= 11 is 0. The Bertz CT molecular complexity index is 221. The van der Waals surface area contributed by atoms with Gasteiger partial charge in [-0.3, -0.25) is 0 Å². The number of fused-ring (bicyclic) bond motifs is 2. The quantitative estimate of drug-likeness (QED) is 0.596. The second kappa shape index (κ2) is 3.23. The molecule has 1 saturated heterocycles. The van der Waals surface area contributed by atoms with Gasteiger partial charge >= 0.3 is 0 Å². The third kappa shape index (κ3) is 1.32. The zero-order chi connectivity index (χ0) is 10.5. The van der Waals surface area contributed by atoms with Gasteiger partial charge in [-0.05, 0) is 25.7 Å². The first-order valence-electron chi connectivity index (χ1n) is 6.30. The molecular weight excluding hydrogens is 170 g/mol. The Morgan fingerprint density at radius 2 is 1.71 bits per heavy atom. The Morgan fingerprint density at radius 3 is 2.07 bits per heavy atom. The highest BCUT2D eigenvalue weighted by molar-refractivity contribution is 4.91. The zero-order valence-electron chi connectivity index (χ0n) is 10.5. The van der Waals surface area contributed by atoms with E-state index in [1.165, 1.54) is 23.9 Å². The fourth-order valence-corrected chi connectivity index (χ4v) is 3.92. The molecule has 0 aromatic carbocycles. The number of piperidine rings is 1. The minimum atomic E-state index is 0.818. The fourth-order valence-electron chi connectivity index (χ4n) is 3.92. The molecule has 4 unspecified atom stereocenters. The molecule has 0 radical (unpaired) electrons. The number of nitrogens with zero attached hydrogens (tertiary/aromatic N) is 1. The van der Waals surface area contributed by atoms with Gasteiger partial charge in [0.25, 0.3) is 0 Å². The molecule has 1 saturated carbocycles. The lowest BCUT2D eigenvalue weighted by Crippen LogP contribution is -2.56. The van der Waals surface area contributed by atoms with Crippen molar-refractivity contribution in [2.45, 2.75) is 52.6 Å². The fraction of sp³-hybridized carbons (Fsp3) is 1.00. The van der Waals surface area contributed by atoms with Crippen LogP contribution in [0.3, 0.4) is 0 Å². The maximum atomic E-state index is 2.48. The van der Waals surface area contributed by atoms with Gasteiger partial charge in [-0.2, -0.15) is 0 Å². The summed E-state index contributed by atoms with van der Waals surface area (Å²) < 4.78 is 1.36. The molecule has 0 N–H and O–H groups in total. The Kier molecular flexibility index (Phi) is 2.42. The normalized spacial score (nSPS) is 46.9. The Balaban J connectivity index is 2.10. The van der Waals surface area contributed by atoms with Crippen molar-refractivity contribution < 1.29 is 4.48 Å². The van der Waals surface area contributed by atoms with Crippen LogP contribution in [0, 0.1) is 17.8 Å². The molecule has 0 aromatic rings. The molecule has 2 rings (SSSR count). The van der Waals surface area contributed by atoms with Gasteiger partial charge in [0.05, 0.1) is 25.7 Å². The van der Waals surface area contributed by atoms with Crippen LogP contribution in [-0.4, -0.2) is 30.2 Å². The first kappa shape index (κ1) is 10.5. The van der Waals surface area contributed by atoms with Crippen LogP contribution in [0.4, 0.5) is 0 Å². The van der Waals surface area contributed by atoms with Crippen LogP contribution in [-0.2, 0) is 0 Å². The molecule has 2 aliphatic rings. The SMILES string of the molecule is CC(C)C1CC2CC1C[N+]2(C)C(C)C. The maximum Gasteiger partial charge on any atom is 0.0898 e. The van der Waals surface area contributed by atoms with E-state index in [4.69, 9.17) is 0 Å². The van der Waals surface area contributed by atoms with E-state index in [1.54, 1.807) is 0 Å². The molecule has 0 aromatic heterocycles. The summed E-state index contributed by atoms with van der Waals surface area (Å²) in [7, 11) is 2.48. The molecule has 2 fully saturated rings. The van der Waals surface area contributed by atoms with Gasteiger partial charge in [0, 0.05) is 18.8 Å². The largest absolute Gasteiger partial charge is 0.321 e. The van der Waals surface area contributed by atoms with Crippen LogP contribution in [0.5, 0.6) is 0 Å². The minimum absolute atomic E-state index is 0.818. The van der Waals surface area contributed by atoms with Gasteiger partial charge in [0.1, 0.15) is 0 Å². The van der Waals surface area contributed by atoms with Crippen LogP contribution in [0.15, 0.2) is 0 Å². The maximum absolute atomic E-state index is 2.48. The van der Waals surface area contributed by atoms with Crippen LogP contribution < -0.4 is 0 Å². The van der Waals surface area contributed by atoms with Gasteiger partial charge in [0.2, 0.25) is 0 Å². The molecule has 82 valence electrons. The number of hydrogen-bond donors (Lipinski definition) is 0. The van der Waals surface area contributed by atoms with Crippen molar-refractivity contribution in [1.82, 2.24) is 0 Å². The molecule has 1 nitrogen and oxygen atoms in total. The molecule has 1 heterocycles. The Morgan fingerprint density at radius 1 is 1.07 bits per heavy atom. The van der Waals surface area contributed by atoms with E-state index in [0.717, 1.165) is 29.8 Å². The third-order valence-corrected chi connectivity index (χ3v) is 5.22. The smallest absolute Gasteiger partial charge is 0.0898 e. The third-order valence-electron chi connectivity index (χ3n) is 5.22. The summed E-state index contributed by atoms with van der Waals surface area (Å²) in [5.41, 5.74) is 0. The van der Waals surface area contributed by atoms with E-state index in [2.05, 4.69) is 34.7 Å². The van der Waals surface area contributed by atoms with Gasteiger partial charge in [-0.1, -0.05) is 13.8 Å². The van der Waals surface area contributed by atoms with Gasteiger partial charge in [-0.25, -0.2) is 0 Å². The molecular formula is C13H26N+. The molecule has 1 aliphatic carbocycles. The summed E-state index contributed by atoms with van der Waals surface area (Å²) in [6, 6.07) is 1.80. The van der Waals surface area contributed by atoms with Gasteiger partial charge < -0.3 is 4.48 Å². The van der Waals surface area contributed by atoms with E-state index < -0.39 is 0 Å². The lowest BCUT2D eigenvalue weighted by Gasteiger charge is -2.44. The highest BCUT2D eigenvalue weighted by atomic mass is 15.4. The molecule has 1 aliphatic heterocycles. The molecule has 14 heavy (non-hydrogen) atoms. The summed E-state index contributed by atoms with van der Waals surface area (Å²) in [6.07, 6.45) is 3.01. The average Bonchev–Trinajstić information content (AvgIpc) is 2.60. The van der Waals surface area contributed by atoms with Crippen molar-refractivity contribution >= 4 is 0 Å². The van der Waals surface area contributed by atoms with Crippen molar-refractivity contribution in [1.29, 1.82) is 0 Å².